The number of ether oxygens (including phenoxy) is 2. The number of carbonyl (C=O) groups excluding carboxylic acids is 1. The first-order valence-electron chi connectivity index (χ1n) is 7.25. The van der Waals surface area contributed by atoms with Crippen LogP contribution in [0, 0.1) is 0 Å². The van der Waals surface area contributed by atoms with Gasteiger partial charge in [0.25, 0.3) is 0 Å². The molecule has 0 saturated heterocycles. The zero-order valence-electron chi connectivity index (χ0n) is 13.0. The second kappa shape index (κ2) is 9.80. The number of methoxy groups -OCH3 is 2. The summed E-state index contributed by atoms with van der Waals surface area (Å²) in [6, 6.07) is 5.45. The molecule has 5 nitrogen and oxygen atoms in total. The van der Waals surface area contributed by atoms with Crippen LogP contribution in [0.25, 0.3) is 0 Å². The van der Waals surface area contributed by atoms with E-state index in [1.54, 1.807) is 32.6 Å². The third-order valence-corrected chi connectivity index (χ3v) is 3.07. The van der Waals surface area contributed by atoms with E-state index in [1.165, 1.54) is 12.8 Å². The molecule has 0 bridgehead atoms. The van der Waals surface area contributed by atoms with Gasteiger partial charge in [0.2, 0.25) is 5.91 Å². The summed E-state index contributed by atoms with van der Waals surface area (Å²) in [7, 11) is 3.17. The Morgan fingerprint density at radius 1 is 1.19 bits per heavy atom. The number of unbranched alkanes of at least 4 members (excludes halogenated alkanes) is 3. The predicted octanol–water partition coefficient (Wildman–Crippen LogP) is 3.12. The molecule has 1 amide bonds. The maximum Gasteiger partial charge on any atom is 0.240 e. The van der Waals surface area contributed by atoms with Crippen molar-refractivity contribution in [1.29, 1.82) is 0 Å². The SMILES string of the molecule is CCCCCCC(=O)N/N=C/c1ccc(OC)c(OC)c1. The summed E-state index contributed by atoms with van der Waals surface area (Å²) in [5.41, 5.74) is 3.36. The minimum absolute atomic E-state index is 0.0529. The van der Waals surface area contributed by atoms with Crippen molar-refractivity contribution in [2.45, 2.75) is 39.0 Å². The van der Waals surface area contributed by atoms with Gasteiger partial charge in [0.15, 0.2) is 11.5 Å². The van der Waals surface area contributed by atoms with Crippen LogP contribution in [0.5, 0.6) is 11.5 Å². The van der Waals surface area contributed by atoms with Crippen molar-refractivity contribution < 1.29 is 14.3 Å². The van der Waals surface area contributed by atoms with Crippen molar-refractivity contribution in [2.75, 3.05) is 14.2 Å². The Kier molecular flexibility index (Phi) is 7.94. The van der Waals surface area contributed by atoms with Gasteiger partial charge < -0.3 is 9.47 Å². The van der Waals surface area contributed by atoms with Crippen molar-refractivity contribution in [2.24, 2.45) is 5.10 Å². The van der Waals surface area contributed by atoms with Crippen LogP contribution in [0.15, 0.2) is 23.3 Å². The Bertz CT molecular complexity index is 473. The molecule has 1 aromatic rings. The van der Waals surface area contributed by atoms with Gasteiger partial charge in [0.05, 0.1) is 20.4 Å². The van der Waals surface area contributed by atoms with Crippen LogP contribution in [-0.4, -0.2) is 26.3 Å². The highest BCUT2D eigenvalue weighted by Crippen LogP contribution is 2.26. The van der Waals surface area contributed by atoms with Crippen LogP contribution in [0.4, 0.5) is 0 Å². The van der Waals surface area contributed by atoms with Crippen molar-refractivity contribution in [3.63, 3.8) is 0 Å². The topological polar surface area (TPSA) is 59.9 Å². The van der Waals surface area contributed by atoms with Crippen LogP contribution in [-0.2, 0) is 4.79 Å². The number of amides is 1. The molecular weight excluding hydrogens is 268 g/mol. The number of rotatable bonds is 9. The quantitative estimate of drug-likeness (QED) is 0.432. The van der Waals surface area contributed by atoms with Gasteiger partial charge in [-0.2, -0.15) is 5.10 Å². The van der Waals surface area contributed by atoms with Crippen molar-refractivity contribution in [1.82, 2.24) is 5.43 Å². The Hall–Kier alpha value is -2.04. The minimum atomic E-state index is -0.0529. The molecule has 1 rings (SSSR count). The lowest BCUT2D eigenvalue weighted by Crippen LogP contribution is -2.16. The summed E-state index contributed by atoms with van der Waals surface area (Å²) in [4.78, 5) is 11.6. The summed E-state index contributed by atoms with van der Waals surface area (Å²) in [5.74, 6) is 1.24. The molecule has 1 N–H and O–H groups in total. The average Bonchev–Trinajstić information content (AvgIpc) is 2.51. The van der Waals surface area contributed by atoms with E-state index in [0.29, 0.717) is 17.9 Å². The molecule has 5 heteroatoms. The lowest BCUT2D eigenvalue weighted by atomic mass is 10.1. The van der Waals surface area contributed by atoms with Gasteiger partial charge in [0.1, 0.15) is 0 Å². The standard InChI is InChI=1S/C16H24N2O3/c1-4-5-6-7-8-16(19)18-17-12-13-9-10-14(20-2)15(11-13)21-3/h9-12H,4-8H2,1-3H3,(H,18,19)/b17-12+. The zero-order chi connectivity index (χ0) is 15.5. The predicted molar refractivity (Wildman–Crippen MR) is 84.0 cm³/mol. The fourth-order valence-electron chi connectivity index (χ4n) is 1.88. The van der Waals surface area contributed by atoms with Crippen molar-refractivity contribution >= 4 is 12.1 Å². The lowest BCUT2D eigenvalue weighted by Gasteiger charge is -2.07. The van der Waals surface area contributed by atoms with E-state index in [1.807, 2.05) is 6.07 Å². The molecule has 0 atom stereocenters. The van der Waals surface area contributed by atoms with E-state index in [0.717, 1.165) is 18.4 Å². The molecule has 0 saturated carbocycles. The molecule has 0 aliphatic heterocycles. The largest absolute Gasteiger partial charge is 0.493 e. The molecule has 0 aromatic heterocycles. The third-order valence-electron chi connectivity index (χ3n) is 3.07. The smallest absolute Gasteiger partial charge is 0.240 e. The highest BCUT2D eigenvalue weighted by molar-refractivity contribution is 5.83. The van der Waals surface area contributed by atoms with Gasteiger partial charge >= 0.3 is 0 Å². The molecule has 0 spiro atoms. The van der Waals surface area contributed by atoms with Crippen LogP contribution in [0.3, 0.4) is 0 Å². The first-order chi connectivity index (χ1) is 10.2. The van der Waals surface area contributed by atoms with E-state index in [2.05, 4.69) is 17.5 Å². The van der Waals surface area contributed by atoms with Crippen LogP contribution >= 0.6 is 0 Å². The Balaban J connectivity index is 2.44. The zero-order valence-corrected chi connectivity index (χ0v) is 13.0. The number of nitrogens with one attached hydrogen (secondary N) is 1. The fraction of sp³-hybridized carbons (Fsp3) is 0.500. The van der Waals surface area contributed by atoms with Gasteiger partial charge in [-0.3, -0.25) is 4.79 Å². The molecule has 21 heavy (non-hydrogen) atoms. The second-order valence-corrected chi connectivity index (χ2v) is 4.72. The maximum absolute atomic E-state index is 11.6. The fourth-order valence-corrected chi connectivity index (χ4v) is 1.88. The first kappa shape index (κ1) is 17.0. The molecule has 0 fully saturated rings. The molecule has 1 aromatic carbocycles. The molecule has 116 valence electrons. The molecule has 0 unspecified atom stereocenters. The maximum atomic E-state index is 11.6. The number of hydrogen-bond acceptors (Lipinski definition) is 4. The van der Waals surface area contributed by atoms with Crippen LogP contribution < -0.4 is 14.9 Å². The van der Waals surface area contributed by atoms with Crippen molar-refractivity contribution in [3.05, 3.63) is 23.8 Å². The summed E-state index contributed by atoms with van der Waals surface area (Å²) < 4.78 is 10.4. The third kappa shape index (κ3) is 6.29. The molecule has 0 radical (unpaired) electrons. The Morgan fingerprint density at radius 2 is 1.95 bits per heavy atom. The van der Waals surface area contributed by atoms with Gasteiger partial charge in [0, 0.05) is 6.42 Å². The minimum Gasteiger partial charge on any atom is -0.493 e. The summed E-state index contributed by atoms with van der Waals surface area (Å²) in [5, 5.41) is 3.95. The monoisotopic (exact) mass is 292 g/mol. The Labute approximate surface area is 126 Å². The highest BCUT2D eigenvalue weighted by atomic mass is 16.5. The van der Waals surface area contributed by atoms with E-state index in [4.69, 9.17) is 9.47 Å². The number of nitrogens with zero attached hydrogens (tertiary/aromatic N) is 1. The summed E-state index contributed by atoms with van der Waals surface area (Å²) in [6.45, 7) is 2.15. The Morgan fingerprint density at radius 3 is 2.62 bits per heavy atom. The van der Waals surface area contributed by atoms with E-state index >= 15 is 0 Å². The van der Waals surface area contributed by atoms with E-state index < -0.39 is 0 Å². The normalized spacial score (nSPS) is 10.6. The summed E-state index contributed by atoms with van der Waals surface area (Å²) in [6.07, 6.45) is 6.44. The van der Waals surface area contributed by atoms with Gasteiger partial charge in [-0.05, 0) is 30.2 Å². The lowest BCUT2D eigenvalue weighted by molar-refractivity contribution is -0.121. The van der Waals surface area contributed by atoms with Crippen LogP contribution in [0.1, 0.15) is 44.6 Å². The number of hydrazone groups is 1. The molecule has 0 aliphatic carbocycles. The molecule has 0 aliphatic rings. The van der Waals surface area contributed by atoms with E-state index in [-0.39, 0.29) is 5.91 Å². The number of benzene rings is 1. The van der Waals surface area contributed by atoms with Gasteiger partial charge in [-0.15, -0.1) is 0 Å². The summed E-state index contributed by atoms with van der Waals surface area (Å²) >= 11 is 0. The van der Waals surface area contributed by atoms with Crippen LogP contribution in [0.2, 0.25) is 0 Å². The molecule has 0 heterocycles. The first-order valence-corrected chi connectivity index (χ1v) is 7.25. The number of carbonyl (C=O) groups is 1. The van der Waals surface area contributed by atoms with E-state index in [9.17, 15) is 4.79 Å². The van der Waals surface area contributed by atoms with Gasteiger partial charge in [-0.25, -0.2) is 5.43 Å². The highest BCUT2D eigenvalue weighted by Gasteiger charge is 2.03. The average molecular weight is 292 g/mol. The molecular formula is C16H24N2O3. The van der Waals surface area contributed by atoms with Crippen molar-refractivity contribution in [3.8, 4) is 11.5 Å². The number of hydrogen-bond donors (Lipinski definition) is 1. The second-order valence-electron chi connectivity index (χ2n) is 4.72. The van der Waals surface area contributed by atoms with Gasteiger partial charge in [-0.1, -0.05) is 26.2 Å².